The molecule has 31 heavy (non-hydrogen) atoms. The summed E-state index contributed by atoms with van der Waals surface area (Å²) >= 11 is 0. The van der Waals surface area contributed by atoms with Gasteiger partial charge in [0.2, 0.25) is 0 Å². The average Bonchev–Trinajstić information content (AvgIpc) is 3.26. The van der Waals surface area contributed by atoms with Crippen LogP contribution in [0.4, 0.5) is 0 Å². The number of piperidine rings is 1. The smallest absolute Gasteiger partial charge is 0.151 e. The molecule has 162 valence electrons. The van der Waals surface area contributed by atoms with Crippen LogP contribution in [0.3, 0.4) is 0 Å². The monoisotopic (exact) mass is 434 g/mol. The first kappa shape index (κ1) is 20.7. The molecular weight excluding hydrogens is 404 g/mol. The van der Waals surface area contributed by atoms with Gasteiger partial charge in [-0.2, -0.15) is 0 Å². The second kappa shape index (κ2) is 8.03. The molecule has 1 aromatic heterocycles. The molecule has 2 fully saturated rings. The van der Waals surface area contributed by atoms with Crippen LogP contribution in [0.5, 0.6) is 0 Å². The number of aryl methyl sites for hydroxylation is 1. The molecule has 2 aliphatic rings. The van der Waals surface area contributed by atoms with Gasteiger partial charge < -0.3 is 0 Å². The summed E-state index contributed by atoms with van der Waals surface area (Å²) in [5.41, 5.74) is 4.66. The van der Waals surface area contributed by atoms with Crippen molar-refractivity contribution in [2.75, 3.05) is 12.8 Å². The van der Waals surface area contributed by atoms with Crippen molar-refractivity contribution in [2.45, 2.75) is 44.5 Å². The van der Waals surface area contributed by atoms with E-state index in [0.717, 1.165) is 36.6 Å². The number of fused-ring (bicyclic) bond motifs is 3. The molecule has 2 aromatic carbocycles. The van der Waals surface area contributed by atoms with Crippen LogP contribution in [0.15, 0.2) is 54.9 Å². The minimum atomic E-state index is -3.03. The van der Waals surface area contributed by atoms with Gasteiger partial charge in [-0.3, -0.25) is 9.88 Å². The summed E-state index contributed by atoms with van der Waals surface area (Å²) < 4.78 is 23.6. The highest BCUT2D eigenvalue weighted by molar-refractivity contribution is 7.89. The molecule has 0 radical (unpaired) electrons. The maximum absolute atomic E-state index is 11.8. The first-order valence-electron chi connectivity index (χ1n) is 11.2. The highest BCUT2D eigenvalue weighted by Gasteiger charge is 2.46. The largest absolute Gasteiger partial charge is 0.296 e. The molecule has 5 rings (SSSR count). The molecule has 4 nitrogen and oxygen atoms in total. The number of rotatable bonds is 6. The standard InChI is InChI=1S/C26H30N2O2S/c1-18-6-7-19(12-23(18)17-31(2,29)30)15-28-16-22-8-9-26(28)25(22)13-20-4-3-5-21-14-27-11-10-24(20)21/h3-7,10-12,14,22,25-26H,8-9,13,15-17H2,1-2H3. The average molecular weight is 435 g/mol. The van der Waals surface area contributed by atoms with Crippen LogP contribution in [-0.4, -0.2) is 37.1 Å². The molecule has 5 heteroatoms. The Bertz CT molecular complexity index is 1220. The number of hydrogen-bond acceptors (Lipinski definition) is 4. The zero-order chi connectivity index (χ0) is 21.6. The van der Waals surface area contributed by atoms with Gasteiger partial charge in [0.05, 0.1) is 5.75 Å². The van der Waals surface area contributed by atoms with E-state index in [2.05, 4.69) is 52.3 Å². The number of likely N-dealkylation sites (tertiary alicyclic amines) is 1. The predicted molar refractivity (Wildman–Crippen MR) is 126 cm³/mol. The van der Waals surface area contributed by atoms with Crippen molar-refractivity contribution in [3.05, 3.63) is 77.1 Å². The van der Waals surface area contributed by atoms with Crippen LogP contribution in [0.25, 0.3) is 10.8 Å². The lowest BCUT2D eigenvalue weighted by Crippen LogP contribution is -2.33. The Balaban J connectivity index is 1.34. The van der Waals surface area contributed by atoms with E-state index in [-0.39, 0.29) is 5.75 Å². The molecule has 3 aromatic rings. The molecule has 1 aliphatic carbocycles. The Morgan fingerprint density at radius 1 is 1.10 bits per heavy atom. The van der Waals surface area contributed by atoms with E-state index in [0.29, 0.717) is 12.0 Å². The van der Waals surface area contributed by atoms with Gasteiger partial charge in [0, 0.05) is 43.2 Å². The molecular formula is C26H30N2O2S. The summed E-state index contributed by atoms with van der Waals surface area (Å²) in [6.45, 7) is 4.06. The van der Waals surface area contributed by atoms with Crippen molar-refractivity contribution in [2.24, 2.45) is 11.8 Å². The normalized spacial score (nSPS) is 23.6. The molecule has 0 N–H and O–H groups in total. The van der Waals surface area contributed by atoms with E-state index < -0.39 is 9.84 Å². The summed E-state index contributed by atoms with van der Waals surface area (Å²) in [6, 6.07) is 15.7. The van der Waals surface area contributed by atoms with Gasteiger partial charge in [-0.1, -0.05) is 36.4 Å². The van der Waals surface area contributed by atoms with Gasteiger partial charge in [-0.05, 0) is 71.7 Å². The number of nitrogens with zero attached hydrogens (tertiary/aromatic N) is 2. The quantitative estimate of drug-likeness (QED) is 0.571. The van der Waals surface area contributed by atoms with Gasteiger partial charge >= 0.3 is 0 Å². The maximum Gasteiger partial charge on any atom is 0.151 e. The van der Waals surface area contributed by atoms with Gasteiger partial charge in [0.1, 0.15) is 0 Å². The number of aromatic nitrogens is 1. The lowest BCUT2D eigenvalue weighted by Gasteiger charge is -2.28. The number of benzene rings is 2. The second-order valence-electron chi connectivity index (χ2n) is 9.55. The third kappa shape index (κ3) is 4.26. The van der Waals surface area contributed by atoms with E-state index in [1.807, 2.05) is 19.3 Å². The molecule has 0 spiro atoms. The lowest BCUT2D eigenvalue weighted by atomic mass is 9.89. The van der Waals surface area contributed by atoms with Crippen LogP contribution < -0.4 is 0 Å². The number of sulfone groups is 1. The van der Waals surface area contributed by atoms with E-state index in [1.165, 1.54) is 41.0 Å². The summed E-state index contributed by atoms with van der Waals surface area (Å²) in [5.74, 6) is 1.57. The van der Waals surface area contributed by atoms with Crippen LogP contribution in [0, 0.1) is 18.8 Å². The predicted octanol–water partition coefficient (Wildman–Crippen LogP) is 4.54. The van der Waals surface area contributed by atoms with E-state index in [1.54, 1.807) is 0 Å². The van der Waals surface area contributed by atoms with Crippen LogP contribution in [0.2, 0.25) is 0 Å². The van der Waals surface area contributed by atoms with E-state index in [4.69, 9.17) is 0 Å². The third-order valence-electron chi connectivity index (χ3n) is 7.31. The molecule has 2 heterocycles. The zero-order valence-electron chi connectivity index (χ0n) is 18.3. The molecule has 2 bridgehead atoms. The summed E-state index contributed by atoms with van der Waals surface area (Å²) in [6.07, 6.45) is 8.88. The Morgan fingerprint density at radius 3 is 2.81 bits per heavy atom. The highest BCUT2D eigenvalue weighted by Crippen LogP contribution is 2.45. The van der Waals surface area contributed by atoms with E-state index >= 15 is 0 Å². The van der Waals surface area contributed by atoms with Crippen molar-refractivity contribution in [3.8, 4) is 0 Å². The molecule has 1 aliphatic heterocycles. The topological polar surface area (TPSA) is 50.3 Å². The van der Waals surface area contributed by atoms with Crippen LogP contribution in [-0.2, 0) is 28.6 Å². The fourth-order valence-electron chi connectivity index (χ4n) is 5.85. The first-order chi connectivity index (χ1) is 14.9. The van der Waals surface area contributed by atoms with Crippen molar-refractivity contribution in [1.29, 1.82) is 0 Å². The van der Waals surface area contributed by atoms with Crippen molar-refractivity contribution in [3.63, 3.8) is 0 Å². The first-order valence-corrected chi connectivity index (χ1v) is 13.3. The second-order valence-corrected chi connectivity index (χ2v) is 11.7. The molecule has 3 atom stereocenters. The fourth-order valence-corrected chi connectivity index (χ4v) is 6.72. The maximum atomic E-state index is 11.8. The lowest BCUT2D eigenvalue weighted by molar-refractivity contribution is 0.197. The third-order valence-corrected chi connectivity index (χ3v) is 8.15. The highest BCUT2D eigenvalue weighted by atomic mass is 32.2. The fraction of sp³-hybridized carbons (Fsp3) is 0.423. The van der Waals surface area contributed by atoms with Gasteiger partial charge in [-0.25, -0.2) is 8.42 Å². The summed E-state index contributed by atoms with van der Waals surface area (Å²) in [7, 11) is -3.03. The minimum absolute atomic E-state index is 0.122. The summed E-state index contributed by atoms with van der Waals surface area (Å²) in [5, 5.41) is 2.56. The van der Waals surface area contributed by atoms with Gasteiger partial charge in [-0.15, -0.1) is 0 Å². The van der Waals surface area contributed by atoms with Gasteiger partial charge in [0.15, 0.2) is 9.84 Å². The number of hydrogen-bond donors (Lipinski definition) is 0. The van der Waals surface area contributed by atoms with Crippen LogP contribution >= 0.6 is 0 Å². The SMILES string of the molecule is Cc1ccc(CN2CC3CCC2C3Cc2cccc3cnccc23)cc1CS(C)(=O)=O. The van der Waals surface area contributed by atoms with E-state index in [9.17, 15) is 8.42 Å². The van der Waals surface area contributed by atoms with Crippen molar-refractivity contribution < 1.29 is 8.42 Å². The zero-order valence-corrected chi connectivity index (χ0v) is 19.1. The molecule has 1 saturated heterocycles. The molecule has 0 amide bonds. The number of pyridine rings is 1. The molecule has 1 saturated carbocycles. The Kier molecular flexibility index (Phi) is 5.35. The van der Waals surface area contributed by atoms with Crippen molar-refractivity contribution in [1.82, 2.24) is 9.88 Å². The Labute approximate surface area is 185 Å². The minimum Gasteiger partial charge on any atom is -0.296 e. The summed E-state index contributed by atoms with van der Waals surface area (Å²) in [4.78, 5) is 6.92. The van der Waals surface area contributed by atoms with Crippen LogP contribution in [0.1, 0.15) is 35.1 Å². The Morgan fingerprint density at radius 2 is 1.97 bits per heavy atom. The van der Waals surface area contributed by atoms with Gasteiger partial charge in [0.25, 0.3) is 0 Å². The molecule has 3 unspecified atom stereocenters. The van der Waals surface area contributed by atoms with Crippen molar-refractivity contribution >= 4 is 20.6 Å². The Hall–Kier alpha value is -2.24.